The fraction of sp³-hybridized carbons (Fsp3) is 0.800. The summed E-state index contributed by atoms with van der Waals surface area (Å²) < 4.78 is 0.246. The van der Waals surface area contributed by atoms with E-state index in [2.05, 4.69) is 62.7 Å². The fourth-order valence-corrected chi connectivity index (χ4v) is 2.32. The van der Waals surface area contributed by atoms with E-state index in [1.807, 2.05) is 0 Å². The average molecular weight is 219 g/mol. The quantitative estimate of drug-likeness (QED) is 0.494. The van der Waals surface area contributed by atoms with Crippen LogP contribution in [0.2, 0.25) is 0 Å². The van der Waals surface area contributed by atoms with E-state index in [1.54, 1.807) is 0 Å². The van der Waals surface area contributed by atoms with Crippen LogP contribution >= 0.6 is 15.9 Å². The molecule has 0 atom stereocenters. The van der Waals surface area contributed by atoms with Crippen LogP contribution in [0.3, 0.4) is 0 Å². The Bertz CT molecular complexity index is 137. The zero-order valence-electron chi connectivity index (χ0n) is 8.24. The van der Waals surface area contributed by atoms with Gasteiger partial charge in [0.1, 0.15) is 0 Å². The van der Waals surface area contributed by atoms with Crippen LogP contribution in [0.4, 0.5) is 0 Å². The summed E-state index contributed by atoms with van der Waals surface area (Å²) in [6.45, 7) is 11.0. The van der Waals surface area contributed by atoms with E-state index >= 15 is 0 Å². The van der Waals surface area contributed by atoms with Gasteiger partial charge in [-0.3, -0.25) is 0 Å². The molecule has 0 heterocycles. The number of hydrogen-bond acceptors (Lipinski definition) is 0. The van der Waals surface area contributed by atoms with Crippen LogP contribution in [0.25, 0.3) is 0 Å². The zero-order chi connectivity index (χ0) is 9.12. The van der Waals surface area contributed by atoms with E-state index in [0.29, 0.717) is 5.41 Å². The first-order valence-electron chi connectivity index (χ1n) is 4.10. The number of halogens is 1. The van der Waals surface area contributed by atoms with Gasteiger partial charge < -0.3 is 0 Å². The Morgan fingerprint density at radius 2 is 1.64 bits per heavy atom. The molecule has 0 aromatic carbocycles. The van der Waals surface area contributed by atoms with Crippen LogP contribution in [0, 0.1) is 5.41 Å². The fourth-order valence-electron chi connectivity index (χ4n) is 1.59. The summed E-state index contributed by atoms with van der Waals surface area (Å²) >= 11 is 3.65. The molecule has 0 unspecified atom stereocenters. The molecule has 0 aromatic heterocycles. The van der Waals surface area contributed by atoms with E-state index in [-0.39, 0.29) is 4.32 Å². The van der Waals surface area contributed by atoms with Crippen molar-refractivity contribution in [3.8, 4) is 0 Å². The lowest BCUT2D eigenvalue weighted by Gasteiger charge is -2.28. The van der Waals surface area contributed by atoms with Crippen molar-refractivity contribution in [2.75, 3.05) is 0 Å². The third-order valence-electron chi connectivity index (χ3n) is 1.49. The lowest BCUT2D eigenvalue weighted by atomic mass is 9.84. The molecule has 0 aliphatic carbocycles. The molecule has 0 bridgehead atoms. The zero-order valence-corrected chi connectivity index (χ0v) is 9.83. The Labute approximate surface area is 79.2 Å². The highest BCUT2D eigenvalue weighted by Gasteiger charge is 2.23. The first kappa shape index (κ1) is 11.2. The molecule has 0 aliphatic heterocycles. The molecule has 0 saturated heterocycles. The maximum absolute atomic E-state index is 3.65. The van der Waals surface area contributed by atoms with Crippen molar-refractivity contribution in [3.63, 3.8) is 0 Å². The van der Waals surface area contributed by atoms with Crippen LogP contribution in [0.1, 0.15) is 41.0 Å². The molecule has 11 heavy (non-hydrogen) atoms. The van der Waals surface area contributed by atoms with Gasteiger partial charge >= 0.3 is 0 Å². The van der Waals surface area contributed by atoms with E-state index in [1.165, 1.54) is 0 Å². The van der Waals surface area contributed by atoms with Gasteiger partial charge in [-0.1, -0.05) is 55.8 Å². The molecule has 0 N–H and O–H groups in total. The van der Waals surface area contributed by atoms with Gasteiger partial charge in [0.05, 0.1) is 0 Å². The van der Waals surface area contributed by atoms with Gasteiger partial charge in [-0.15, -0.1) is 0 Å². The normalized spacial score (nSPS) is 14.4. The van der Waals surface area contributed by atoms with Crippen molar-refractivity contribution in [1.82, 2.24) is 0 Å². The number of rotatable bonds is 3. The summed E-state index contributed by atoms with van der Waals surface area (Å²) in [6.07, 6.45) is 5.54. The highest BCUT2D eigenvalue weighted by molar-refractivity contribution is 9.10. The van der Waals surface area contributed by atoms with Crippen LogP contribution in [-0.2, 0) is 0 Å². The lowest BCUT2D eigenvalue weighted by Crippen LogP contribution is -2.20. The summed E-state index contributed by atoms with van der Waals surface area (Å²) in [5.74, 6) is 0. The largest absolute Gasteiger partial charge is 0.0911 e. The van der Waals surface area contributed by atoms with Crippen molar-refractivity contribution in [1.29, 1.82) is 0 Å². The van der Waals surface area contributed by atoms with Gasteiger partial charge in [0.25, 0.3) is 0 Å². The summed E-state index contributed by atoms with van der Waals surface area (Å²) in [6, 6.07) is 0. The second-order valence-corrected chi connectivity index (χ2v) is 6.53. The Morgan fingerprint density at radius 3 is 1.91 bits per heavy atom. The summed E-state index contributed by atoms with van der Waals surface area (Å²) in [4.78, 5) is 0. The molecule has 0 radical (unpaired) electrons. The third kappa shape index (κ3) is 6.61. The molecule has 0 aliphatic rings. The molecule has 0 aromatic rings. The topological polar surface area (TPSA) is 0 Å². The van der Waals surface area contributed by atoms with E-state index in [9.17, 15) is 0 Å². The van der Waals surface area contributed by atoms with Gasteiger partial charge in [-0.25, -0.2) is 0 Å². The van der Waals surface area contributed by atoms with E-state index < -0.39 is 0 Å². The summed E-state index contributed by atoms with van der Waals surface area (Å²) in [5, 5.41) is 0. The molecule has 0 fully saturated rings. The molecule has 0 spiro atoms. The monoisotopic (exact) mass is 218 g/mol. The Balaban J connectivity index is 4.13. The Hall–Kier alpha value is 0.220. The molecular formula is C10H19Br. The third-order valence-corrected chi connectivity index (χ3v) is 1.77. The molecule has 1 heteroatoms. The lowest BCUT2D eigenvalue weighted by molar-refractivity contribution is 0.393. The molecule has 0 amide bonds. The Morgan fingerprint density at radius 1 is 1.18 bits per heavy atom. The van der Waals surface area contributed by atoms with Crippen LogP contribution in [0.15, 0.2) is 12.2 Å². The molecular weight excluding hydrogens is 200 g/mol. The minimum atomic E-state index is 0.246. The van der Waals surface area contributed by atoms with Crippen LogP contribution < -0.4 is 0 Å². The highest BCUT2D eigenvalue weighted by Crippen LogP contribution is 2.34. The van der Waals surface area contributed by atoms with Gasteiger partial charge in [-0.2, -0.15) is 0 Å². The second kappa shape index (κ2) is 3.75. The van der Waals surface area contributed by atoms with Crippen molar-refractivity contribution < 1.29 is 0 Å². The van der Waals surface area contributed by atoms with Crippen LogP contribution in [0.5, 0.6) is 0 Å². The summed E-state index contributed by atoms with van der Waals surface area (Å²) in [7, 11) is 0. The number of hydrogen-bond donors (Lipinski definition) is 0. The highest BCUT2D eigenvalue weighted by atomic mass is 79.9. The molecule has 66 valence electrons. The SMILES string of the molecule is C/C=C/C(C)(C)CC(C)(C)Br. The maximum atomic E-state index is 3.65. The first-order chi connectivity index (χ1) is 4.77. The molecule has 0 saturated carbocycles. The predicted octanol–water partition coefficient (Wildman–Crippen LogP) is 4.15. The van der Waals surface area contributed by atoms with Gasteiger partial charge in [0.15, 0.2) is 0 Å². The van der Waals surface area contributed by atoms with Gasteiger partial charge in [0, 0.05) is 4.32 Å². The van der Waals surface area contributed by atoms with Crippen LogP contribution in [-0.4, -0.2) is 4.32 Å². The minimum absolute atomic E-state index is 0.246. The Kier molecular flexibility index (Phi) is 3.83. The van der Waals surface area contributed by atoms with E-state index in [4.69, 9.17) is 0 Å². The van der Waals surface area contributed by atoms with E-state index in [0.717, 1.165) is 6.42 Å². The molecule has 0 rings (SSSR count). The average Bonchev–Trinajstić information content (AvgIpc) is 1.55. The van der Waals surface area contributed by atoms with Gasteiger partial charge in [0.2, 0.25) is 0 Å². The predicted molar refractivity (Wildman–Crippen MR) is 56.2 cm³/mol. The molecule has 0 nitrogen and oxygen atoms in total. The maximum Gasteiger partial charge on any atom is 0.0209 e. The number of allylic oxidation sites excluding steroid dienone is 2. The van der Waals surface area contributed by atoms with Crippen molar-refractivity contribution >= 4 is 15.9 Å². The van der Waals surface area contributed by atoms with Crippen molar-refractivity contribution in [2.45, 2.75) is 45.4 Å². The minimum Gasteiger partial charge on any atom is -0.0911 e. The smallest absolute Gasteiger partial charge is 0.0209 e. The number of alkyl halides is 1. The standard InChI is InChI=1S/C10H19Br/c1-6-7-9(2,3)8-10(4,5)11/h6-7H,8H2,1-5H3/b7-6+. The van der Waals surface area contributed by atoms with Crippen molar-refractivity contribution in [2.24, 2.45) is 5.41 Å². The van der Waals surface area contributed by atoms with Gasteiger partial charge in [-0.05, 0) is 18.8 Å². The first-order valence-corrected chi connectivity index (χ1v) is 4.89. The summed E-state index contributed by atoms with van der Waals surface area (Å²) in [5.41, 5.74) is 0.307. The second-order valence-electron chi connectivity index (χ2n) is 4.38. The van der Waals surface area contributed by atoms with Crippen molar-refractivity contribution in [3.05, 3.63) is 12.2 Å².